The van der Waals surface area contributed by atoms with Gasteiger partial charge in [-0.05, 0) is 5.56 Å². The van der Waals surface area contributed by atoms with Crippen molar-refractivity contribution in [3.8, 4) is 0 Å². The lowest BCUT2D eigenvalue weighted by Crippen LogP contribution is -2.64. The maximum absolute atomic E-state index is 12.1. The first-order valence-corrected chi connectivity index (χ1v) is 7.20. The Morgan fingerprint density at radius 1 is 1.24 bits per heavy atom. The molecule has 2 heterocycles. The minimum absolute atomic E-state index is 0.00408. The number of nitrogens with zero attached hydrogens (tertiary/aromatic N) is 2. The third-order valence-corrected chi connectivity index (χ3v) is 3.92. The molecule has 0 aliphatic carbocycles. The van der Waals surface area contributed by atoms with E-state index < -0.39 is 6.09 Å². The Morgan fingerprint density at radius 3 is 2.62 bits per heavy atom. The Hall–Kier alpha value is -2.08. The minimum atomic E-state index is -0.418. The van der Waals surface area contributed by atoms with Gasteiger partial charge in [-0.15, -0.1) is 0 Å². The average molecular weight is 289 g/mol. The number of hydrogen-bond donors (Lipinski definition) is 1. The van der Waals surface area contributed by atoms with Crippen LogP contribution in [0.25, 0.3) is 0 Å². The van der Waals surface area contributed by atoms with Crippen LogP contribution in [0.3, 0.4) is 0 Å². The number of amides is 2. The third-order valence-electron chi connectivity index (χ3n) is 3.92. The SMILES string of the molecule is O=C(OCc1ccccc1)N1CCN(C2CNC2)C(=O)C1. The van der Waals surface area contributed by atoms with E-state index in [1.807, 2.05) is 35.2 Å². The smallest absolute Gasteiger partial charge is 0.410 e. The fraction of sp³-hybridized carbons (Fsp3) is 0.467. The van der Waals surface area contributed by atoms with Crippen molar-refractivity contribution in [1.29, 1.82) is 0 Å². The van der Waals surface area contributed by atoms with Crippen LogP contribution >= 0.6 is 0 Å². The van der Waals surface area contributed by atoms with Crippen molar-refractivity contribution in [2.24, 2.45) is 0 Å². The summed E-state index contributed by atoms with van der Waals surface area (Å²) >= 11 is 0. The Balaban J connectivity index is 1.48. The highest BCUT2D eigenvalue weighted by Crippen LogP contribution is 2.12. The molecule has 0 unspecified atom stereocenters. The van der Waals surface area contributed by atoms with Gasteiger partial charge in [0.2, 0.25) is 5.91 Å². The number of benzene rings is 1. The Kier molecular flexibility index (Phi) is 4.06. The summed E-state index contributed by atoms with van der Waals surface area (Å²) in [5.74, 6) is 0.00408. The summed E-state index contributed by atoms with van der Waals surface area (Å²) < 4.78 is 5.26. The highest BCUT2D eigenvalue weighted by atomic mass is 16.6. The van der Waals surface area contributed by atoms with Crippen molar-refractivity contribution in [2.45, 2.75) is 12.6 Å². The molecule has 0 radical (unpaired) electrons. The number of ether oxygens (including phenoxy) is 1. The molecule has 2 saturated heterocycles. The molecule has 1 aromatic carbocycles. The Morgan fingerprint density at radius 2 is 2.00 bits per heavy atom. The third kappa shape index (κ3) is 3.16. The minimum Gasteiger partial charge on any atom is -0.445 e. The van der Waals surface area contributed by atoms with E-state index in [1.54, 1.807) is 0 Å². The van der Waals surface area contributed by atoms with Crippen LogP contribution in [-0.4, -0.2) is 60.6 Å². The van der Waals surface area contributed by atoms with Gasteiger partial charge in [0, 0.05) is 26.2 Å². The second kappa shape index (κ2) is 6.13. The molecule has 21 heavy (non-hydrogen) atoms. The summed E-state index contributed by atoms with van der Waals surface area (Å²) in [7, 11) is 0. The molecule has 6 nitrogen and oxygen atoms in total. The maximum Gasteiger partial charge on any atom is 0.410 e. The lowest BCUT2D eigenvalue weighted by molar-refractivity contribution is -0.139. The first-order valence-electron chi connectivity index (χ1n) is 7.20. The van der Waals surface area contributed by atoms with Gasteiger partial charge in [0.1, 0.15) is 13.2 Å². The molecule has 0 bridgehead atoms. The van der Waals surface area contributed by atoms with Crippen LogP contribution in [0.15, 0.2) is 30.3 Å². The van der Waals surface area contributed by atoms with Crippen molar-refractivity contribution in [2.75, 3.05) is 32.7 Å². The standard InChI is InChI=1S/C15H19N3O3/c19-14-10-17(6-7-18(14)13-8-16-9-13)15(20)21-11-12-4-2-1-3-5-12/h1-5,13,16H,6-11H2. The average Bonchev–Trinajstić information content (AvgIpc) is 2.46. The molecule has 112 valence electrons. The van der Waals surface area contributed by atoms with Crippen molar-refractivity contribution in [1.82, 2.24) is 15.1 Å². The second-order valence-electron chi connectivity index (χ2n) is 5.36. The van der Waals surface area contributed by atoms with E-state index in [9.17, 15) is 9.59 Å². The van der Waals surface area contributed by atoms with Crippen molar-refractivity contribution in [3.05, 3.63) is 35.9 Å². The van der Waals surface area contributed by atoms with Gasteiger partial charge in [-0.3, -0.25) is 9.69 Å². The van der Waals surface area contributed by atoms with E-state index in [-0.39, 0.29) is 19.1 Å². The van der Waals surface area contributed by atoms with E-state index in [1.165, 1.54) is 4.90 Å². The Bertz CT molecular complexity index is 516. The van der Waals surface area contributed by atoms with Gasteiger partial charge >= 0.3 is 6.09 Å². The number of nitrogens with one attached hydrogen (secondary N) is 1. The molecule has 2 fully saturated rings. The van der Waals surface area contributed by atoms with E-state index in [4.69, 9.17) is 4.74 Å². The van der Waals surface area contributed by atoms with Crippen LogP contribution < -0.4 is 5.32 Å². The largest absolute Gasteiger partial charge is 0.445 e. The van der Waals surface area contributed by atoms with Gasteiger partial charge in [-0.25, -0.2) is 4.79 Å². The molecule has 0 spiro atoms. The molecule has 6 heteroatoms. The molecular formula is C15H19N3O3. The molecule has 2 aliphatic rings. The normalized spacial score (nSPS) is 19.3. The lowest BCUT2D eigenvalue weighted by Gasteiger charge is -2.42. The molecular weight excluding hydrogens is 270 g/mol. The summed E-state index contributed by atoms with van der Waals surface area (Å²) in [6, 6.07) is 9.81. The van der Waals surface area contributed by atoms with Crippen LogP contribution in [0.1, 0.15) is 5.56 Å². The summed E-state index contributed by atoms with van der Waals surface area (Å²) in [6.45, 7) is 3.18. The molecule has 2 aliphatic heterocycles. The predicted octanol–water partition coefficient (Wildman–Crippen LogP) is 0.439. The molecule has 3 rings (SSSR count). The number of piperazine rings is 1. The summed E-state index contributed by atoms with van der Waals surface area (Å²) in [4.78, 5) is 27.4. The van der Waals surface area contributed by atoms with Gasteiger partial charge in [0.25, 0.3) is 0 Å². The van der Waals surface area contributed by atoms with Crippen molar-refractivity contribution < 1.29 is 14.3 Å². The first-order chi connectivity index (χ1) is 10.2. The number of hydrogen-bond acceptors (Lipinski definition) is 4. The number of carbonyl (C=O) groups excluding carboxylic acids is 2. The zero-order valence-corrected chi connectivity index (χ0v) is 11.8. The van der Waals surface area contributed by atoms with Crippen LogP contribution in [0, 0.1) is 0 Å². The molecule has 0 aromatic heterocycles. The zero-order valence-electron chi connectivity index (χ0n) is 11.8. The highest BCUT2D eigenvalue weighted by Gasteiger charge is 2.34. The van der Waals surface area contributed by atoms with Crippen LogP contribution in [0.4, 0.5) is 4.79 Å². The number of carbonyl (C=O) groups is 2. The van der Waals surface area contributed by atoms with Gasteiger partial charge in [0.15, 0.2) is 0 Å². The molecule has 0 saturated carbocycles. The van der Waals surface area contributed by atoms with E-state index in [0.717, 1.165) is 18.7 Å². The van der Waals surface area contributed by atoms with Crippen molar-refractivity contribution in [3.63, 3.8) is 0 Å². The molecule has 1 aromatic rings. The molecule has 1 N–H and O–H groups in total. The van der Waals surface area contributed by atoms with Gasteiger partial charge in [-0.1, -0.05) is 30.3 Å². The van der Waals surface area contributed by atoms with Gasteiger partial charge in [0.05, 0.1) is 6.04 Å². The monoisotopic (exact) mass is 289 g/mol. The van der Waals surface area contributed by atoms with Crippen LogP contribution in [0.5, 0.6) is 0 Å². The number of rotatable bonds is 3. The second-order valence-corrected chi connectivity index (χ2v) is 5.36. The molecule has 2 amide bonds. The fourth-order valence-corrected chi connectivity index (χ4v) is 2.53. The first kappa shape index (κ1) is 13.9. The van der Waals surface area contributed by atoms with Gasteiger partial charge in [-0.2, -0.15) is 0 Å². The summed E-state index contributed by atoms with van der Waals surface area (Å²) in [5.41, 5.74) is 0.941. The van der Waals surface area contributed by atoms with Crippen LogP contribution in [-0.2, 0) is 16.1 Å². The molecule has 0 atom stereocenters. The zero-order chi connectivity index (χ0) is 14.7. The van der Waals surface area contributed by atoms with E-state index in [0.29, 0.717) is 19.1 Å². The summed E-state index contributed by atoms with van der Waals surface area (Å²) in [5, 5.41) is 3.15. The Labute approximate surface area is 123 Å². The van der Waals surface area contributed by atoms with E-state index in [2.05, 4.69) is 5.32 Å². The van der Waals surface area contributed by atoms with Crippen LogP contribution in [0.2, 0.25) is 0 Å². The topological polar surface area (TPSA) is 61.9 Å². The summed E-state index contributed by atoms with van der Waals surface area (Å²) in [6.07, 6.45) is -0.418. The van der Waals surface area contributed by atoms with E-state index >= 15 is 0 Å². The maximum atomic E-state index is 12.1. The van der Waals surface area contributed by atoms with Crippen molar-refractivity contribution >= 4 is 12.0 Å². The highest BCUT2D eigenvalue weighted by molar-refractivity contribution is 5.84. The predicted molar refractivity (Wildman–Crippen MR) is 76.6 cm³/mol. The fourth-order valence-electron chi connectivity index (χ4n) is 2.53. The van der Waals surface area contributed by atoms with Gasteiger partial charge < -0.3 is 15.0 Å². The lowest BCUT2D eigenvalue weighted by atomic mass is 10.1. The quantitative estimate of drug-likeness (QED) is 0.877.